The molecule has 0 saturated carbocycles. The molecule has 1 aromatic heterocycles. The maximum Gasteiger partial charge on any atom is 0.334 e. The van der Waals surface area contributed by atoms with Crippen molar-refractivity contribution in [1.82, 2.24) is 10.6 Å². The van der Waals surface area contributed by atoms with Crippen LogP contribution >= 0.6 is 22.9 Å². The van der Waals surface area contributed by atoms with Crippen LogP contribution in [0, 0.1) is 0 Å². The van der Waals surface area contributed by atoms with Gasteiger partial charge in [-0.15, -0.1) is 11.3 Å². The van der Waals surface area contributed by atoms with Crippen LogP contribution in [0.1, 0.15) is 9.67 Å². The fourth-order valence-corrected chi connectivity index (χ4v) is 3.37. The molecule has 0 aliphatic carbocycles. The second-order valence-electron chi connectivity index (χ2n) is 4.79. The van der Waals surface area contributed by atoms with E-state index in [1.165, 1.54) is 18.4 Å². The maximum absolute atomic E-state index is 12.2. The van der Waals surface area contributed by atoms with E-state index >= 15 is 0 Å². The van der Waals surface area contributed by atoms with Gasteiger partial charge in [0.1, 0.15) is 4.88 Å². The van der Waals surface area contributed by atoms with Crippen molar-refractivity contribution in [3.8, 4) is 0 Å². The van der Waals surface area contributed by atoms with Crippen LogP contribution in [0.2, 0.25) is 5.02 Å². The number of hydrogen-bond acceptors (Lipinski definition) is 5. The fraction of sp³-hybridized carbons (Fsp3) is 0.267. The molecule has 0 radical (unpaired) electrons. The lowest BCUT2D eigenvalue weighted by atomic mass is 10.2. The minimum absolute atomic E-state index is 0.190. The van der Waals surface area contributed by atoms with E-state index in [-0.39, 0.29) is 13.1 Å². The highest BCUT2D eigenvalue weighted by atomic mass is 35.5. The molecular weight excluding hydrogens is 356 g/mol. The van der Waals surface area contributed by atoms with Gasteiger partial charge in [-0.25, -0.2) is 4.79 Å². The Morgan fingerprint density at radius 1 is 1.29 bits per heavy atom. The molecule has 1 heterocycles. The van der Waals surface area contributed by atoms with Gasteiger partial charge in [0.25, 0.3) is 5.91 Å². The molecule has 9 heteroatoms. The minimum Gasteiger partial charge on any atom is -0.479 e. The Kier molecular flexibility index (Phi) is 6.13. The molecule has 2 aromatic rings. The van der Waals surface area contributed by atoms with Crippen LogP contribution in [0.5, 0.6) is 0 Å². The summed E-state index contributed by atoms with van der Waals surface area (Å²) in [4.78, 5) is 34.9. The number of carboxylic acids is 1. The van der Waals surface area contributed by atoms with E-state index in [2.05, 4.69) is 15.4 Å². The molecule has 2 amide bonds. The quantitative estimate of drug-likeness (QED) is 0.685. The zero-order valence-electron chi connectivity index (χ0n) is 12.7. The SMILES string of the molecule is COC(CNC(=O)CNC(=O)c1sc2ccccc2c1Cl)C(=O)O. The van der Waals surface area contributed by atoms with Gasteiger partial charge in [-0.3, -0.25) is 9.59 Å². The molecule has 0 aliphatic heterocycles. The summed E-state index contributed by atoms with van der Waals surface area (Å²) < 4.78 is 5.57. The molecular formula is C15H15ClN2O5S. The van der Waals surface area contributed by atoms with E-state index in [0.717, 1.165) is 10.1 Å². The number of fused-ring (bicyclic) bond motifs is 1. The zero-order chi connectivity index (χ0) is 17.7. The van der Waals surface area contributed by atoms with Crippen molar-refractivity contribution in [3.63, 3.8) is 0 Å². The van der Waals surface area contributed by atoms with Crippen LogP contribution in [-0.2, 0) is 14.3 Å². The molecule has 0 saturated heterocycles. The van der Waals surface area contributed by atoms with Crippen molar-refractivity contribution in [2.24, 2.45) is 0 Å². The average molecular weight is 371 g/mol. The Bertz CT molecular complexity index is 776. The minimum atomic E-state index is -1.18. The second-order valence-corrected chi connectivity index (χ2v) is 6.22. The Morgan fingerprint density at radius 2 is 2.00 bits per heavy atom. The first-order valence-corrected chi connectivity index (χ1v) is 8.11. The van der Waals surface area contributed by atoms with E-state index < -0.39 is 23.9 Å². The van der Waals surface area contributed by atoms with Gasteiger partial charge in [-0.05, 0) is 6.07 Å². The number of thiophene rings is 1. The summed E-state index contributed by atoms with van der Waals surface area (Å²) in [6.45, 7) is -0.482. The molecule has 128 valence electrons. The number of rotatable bonds is 7. The smallest absolute Gasteiger partial charge is 0.334 e. The first-order chi connectivity index (χ1) is 11.4. The number of hydrogen-bond donors (Lipinski definition) is 3. The van der Waals surface area contributed by atoms with Crippen LogP contribution in [0.15, 0.2) is 24.3 Å². The van der Waals surface area contributed by atoms with Crippen molar-refractivity contribution >= 4 is 50.8 Å². The van der Waals surface area contributed by atoms with Gasteiger partial charge in [0.05, 0.1) is 18.1 Å². The van der Waals surface area contributed by atoms with E-state index in [1.807, 2.05) is 24.3 Å². The number of carbonyl (C=O) groups excluding carboxylic acids is 2. The number of carboxylic acid groups (broad SMARTS) is 1. The van der Waals surface area contributed by atoms with Crippen LogP contribution in [0.3, 0.4) is 0 Å². The normalized spacial score (nSPS) is 11.9. The van der Waals surface area contributed by atoms with Gasteiger partial charge in [-0.1, -0.05) is 29.8 Å². The van der Waals surface area contributed by atoms with E-state index in [4.69, 9.17) is 16.7 Å². The van der Waals surface area contributed by atoms with E-state index in [1.54, 1.807) is 0 Å². The highest BCUT2D eigenvalue weighted by Crippen LogP contribution is 2.34. The molecule has 2 rings (SSSR count). The first kappa shape index (κ1) is 18.2. The average Bonchev–Trinajstić information content (AvgIpc) is 2.90. The summed E-state index contributed by atoms with van der Waals surface area (Å²) in [7, 11) is 1.23. The number of aliphatic carboxylic acids is 1. The van der Waals surface area contributed by atoms with Crippen LogP contribution in [0.4, 0.5) is 0 Å². The third-order valence-electron chi connectivity index (χ3n) is 3.20. The van der Waals surface area contributed by atoms with Gasteiger partial charge in [-0.2, -0.15) is 0 Å². The number of halogens is 1. The molecule has 24 heavy (non-hydrogen) atoms. The Morgan fingerprint density at radius 3 is 2.62 bits per heavy atom. The number of carbonyl (C=O) groups is 3. The number of benzene rings is 1. The number of amides is 2. The van der Waals surface area contributed by atoms with Crippen LogP contribution in [0.25, 0.3) is 10.1 Å². The van der Waals surface area contributed by atoms with E-state index in [0.29, 0.717) is 9.90 Å². The molecule has 0 fully saturated rings. The van der Waals surface area contributed by atoms with Crippen molar-refractivity contribution in [2.45, 2.75) is 6.10 Å². The zero-order valence-corrected chi connectivity index (χ0v) is 14.2. The van der Waals surface area contributed by atoms with Crippen LogP contribution < -0.4 is 10.6 Å². The van der Waals surface area contributed by atoms with Gasteiger partial charge in [0.2, 0.25) is 5.91 Å². The van der Waals surface area contributed by atoms with Crippen LogP contribution in [-0.4, -0.2) is 49.2 Å². The lowest BCUT2D eigenvalue weighted by Gasteiger charge is -2.11. The summed E-state index contributed by atoms with van der Waals surface area (Å²) in [6.07, 6.45) is -1.14. The lowest BCUT2D eigenvalue weighted by molar-refractivity contribution is -0.148. The third-order valence-corrected chi connectivity index (χ3v) is 4.87. The Labute approximate surface area is 146 Å². The summed E-state index contributed by atoms with van der Waals surface area (Å²) in [5, 5.41) is 14.8. The second kappa shape index (κ2) is 8.09. The molecule has 1 atom stereocenters. The highest BCUT2D eigenvalue weighted by molar-refractivity contribution is 7.21. The fourth-order valence-electron chi connectivity index (χ4n) is 1.94. The Balaban J connectivity index is 1.91. The molecule has 3 N–H and O–H groups in total. The van der Waals surface area contributed by atoms with E-state index in [9.17, 15) is 14.4 Å². The first-order valence-electron chi connectivity index (χ1n) is 6.91. The van der Waals surface area contributed by atoms with Crippen molar-refractivity contribution in [1.29, 1.82) is 0 Å². The Hall–Kier alpha value is -2.16. The number of nitrogens with one attached hydrogen (secondary N) is 2. The predicted molar refractivity (Wildman–Crippen MR) is 90.6 cm³/mol. The monoisotopic (exact) mass is 370 g/mol. The number of ether oxygens (including phenoxy) is 1. The summed E-state index contributed by atoms with van der Waals surface area (Å²) in [6, 6.07) is 7.34. The molecule has 1 aromatic carbocycles. The predicted octanol–water partition coefficient (Wildman–Crippen LogP) is 1.50. The molecule has 0 spiro atoms. The topological polar surface area (TPSA) is 105 Å². The van der Waals surface area contributed by atoms with Crippen molar-refractivity contribution in [2.75, 3.05) is 20.2 Å². The largest absolute Gasteiger partial charge is 0.479 e. The third kappa shape index (κ3) is 4.22. The van der Waals surface area contributed by atoms with Crippen molar-refractivity contribution < 1.29 is 24.2 Å². The van der Waals surface area contributed by atoms with Gasteiger partial charge in [0.15, 0.2) is 6.10 Å². The molecule has 0 aliphatic rings. The molecule has 1 unspecified atom stereocenters. The highest BCUT2D eigenvalue weighted by Gasteiger charge is 2.19. The molecule has 0 bridgehead atoms. The summed E-state index contributed by atoms with van der Waals surface area (Å²) >= 11 is 7.43. The molecule has 7 nitrogen and oxygen atoms in total. The summed E-state index contributed by atoms with van der Waals surface area (Å²) in [5.74, 6) is -2.17. The maximum atomic E-state index is 12.2. The summed E-state index contributed by atoms with van der Waals surface area (Å²) in [5.41, 5.74) is 0. The van der Waals surface area contributed by atoms with Gasteiger partial charge in [0, 0.05) is 17.2 Å². The van der Waals surface area contributed by atoms with Gasteiger partial charge >= 0.3 is 5.97 Å². The van der Waals surface area contributed by atoms with Gasteiger partial charge < -0.3 is 20.5 Å². The number of methoxy groups -OCH3 is 1. The lowest BCUT2D eigenvalue weighted by Crippen LogP contribution is -2.42. The van der Waals surface area contributed by atoms with Crippen molar-refractivity contribution in [3.05, 3.63) is 34.2 Å². The standard InChI is InChI=1S/C15H15ClN2O5S/c1-23-9(15(21)22)6-17-11(19)7-18-14(20)13-12(16)8-4-2-3-5-10(8)24-13/h2-5,9H,6-7H2,1H3,(H,17,19)(H,18,20)(H,21,22).